The lowest BCUT2D eigenvalue weighted by Gasteiger charge is -2.30. The fourth-order valence-electron chi connectivity index (χ4n) is 3.22. The lowest BCUT2D eigenvalue weighted by atomic mass is 9.73. The minimum Gasteiger partial charge on any atom is -0.489 e. The first-order valence-corrected chi connectivity index (χ1v) is 6.13. The van der Waals surface area contributed by atoms with Crippen molar-refractivity contribution < 1.29 is 9.53 Å². The fourth-order valence-corrected chi connectivity index (χ4v) is 3.22. The van der Waals surface area contributed by atoms with Gasteiger partial charge in [-0.2, -0.15) is 0 Å². The van der Waals surface area contributed by atoms with Crippen LogP contribution in [0, 0.1) is 17.3 Å². The minimum absolute atomic E-state index is 0.0428. The molecule has 1 aliphatic heterocycles. The molecular weight excluding hydrogens is 200 g/mol. The minimum atomic E-state index is 0.0428. The third-order valence-corrected chi connectivity index (χ3v) is 4.25. The molecule has 0 spiro atoms. The summed E-state index contributed by atoms with van der Waals surface area (Å²) in [6.45, 7) is 6.55. The van der Waals surface area contributed by atoms with Crippen LogP contribution in [0.15, 0.2) is 23.5 Å². The summed E-state index contributed by atoms with van der Waals surface area (Å²) in [5.74, 6) is 2.03. The summed E-state index contributed by atoms with van der Waals surface area (Å²) in [5.41, 5.74) is 1.04. The Kier molecular flexibility index (Phi) is 1.90. The van der Waals surface area contributed by atoms with Crippen LogP contribution < -0.4 is 0 Å². The van der Waals surface area contributed by atoms with Crippen molar-refractivity contribution >= 4 is 5.78 Å². The van der Waals surface area contributed by atoms with Gasteiger partial charge in [0.1, 0.15) is 11.9 Å². The number of carbonyl (C=O) groups is 1. The summed E-state index contributed by atoms with van der Waals surface area (Å²) in [6.07, 6.45) is 6.03. The van der Waals surface area contributed by atoms with Gasteiger partial charge in [0.15, 0.2) is 5.78 Å². The molecule has 86 valence electrons. The molecule has 0 aromatic heterocycles. The van der Waals surface area contributed by atoms with Gasteiger partial charge in [-0.1, -0.05) is 26.8 Å². The zero-order valence-electron chi connectivity index (χ0n) is 10.1. The largest absolute Gasteiger partial charge is 0.489 e. The normalized spacial score (nSPS) is 39.7. The standard InChI is InChI=1S/C14H18O2/c1-8-4-5-10-11(8)12-9(15)6-7-14(2,3)13(12)16-10/h4-5,8,10-11H,6-7H2,1-3H3/t8-,10-,11+/m1/s1. The number of hydrogen-bond acceptors (Lipinski definition) is 2. The van der Waals surface area contributed by atoms with Crippen LogP contribution in [0.3, 0.4) is 0 Å². The third-order valence-electron chi connectivity index (χ3n) is 4.25. The van der Waals surface area contributed by atoms with Crippen LogP contribution >= 0.6 is 0 Å². The Bertz CT molecular complexity index is 414. The lowest BCUT2D eigenvalue weighted by molar-refractivity contribution is -0.117. The molecule has 0 fully saturated rings. The van der Waals surface area contributed by atoms with Crippen LogP contribution in [0.5, 0.6) is 0 Å². The maximum Gasteiger partial charge on any atom is 0.162 e. The van der Waals surface area contributed by atoms with Crippen LogP contribution in [0.2, 0.25) is 0 Å². The number of allylic oxidation sites excluding steroid dienone is 2. The van der Waals surface area contributed by atoms with Crippen molar-refractivity contribution in [3.63, 3.8) is 0 Å². The van der Waals surface area contributed by atoms with Crippen LogP contribution in [-0.4, -0.2) is 11.9 Å². The quantitative estimate of drug-likeness (QED) is 0.584. The van der Waals surface area contributed by atoms with Gasteiger partial charge < -0.3 is 4.74 Å². The Morgan fingerprint density at radius 3 is 2.88 bits per heavy atom. The summed E-state index contributed by atoms with van der Waals surface area (Å²) in [4.78, 5) is 12.1. The van der Waals surface area contributed by atoms with Gasteiger partial charge in [0.05, 0.1) is 0 Å². The number of ketones is 1. The SMILES string of the molecule is C[C@@H]1C=C[C@H]2OC3=C(C(=O)CCC3(C)C)[C@@H]12. The van der Waals surface area contributed by atoms with E-state index in [1.54, 1.807) is 0 Å². The molecule has 0 N–H and O–H groups in total. The van der Waals surface area contributed by atoms with Gasteiger partial charge in [0, 0.05) is 23.3 Å². The smallest absolute Gasteiger partial charge is 0.162 e. The predicted molar refractivity (Wildman–Crippen MR) is 61.7 cm³/mol. The van der Waals surface area contributed by atoms with E-state index in [-0.39, 0.29) is 11.5 Å². The highest BCUT2D eigenvalue weighted by Gasteiger charge is 2.49. The van der Waals surface area contributed by atoms with Crippen LogP contribution in [0.1, 0.15) is 33.6 Å². The van der Waals surface area contributed by atoms with Crippen molar-refractivity contribution in [2.75, 3.05) is 0 Å². The lowest BCUT2D eigenvalue weighted by Crippen LogP contribution is -2.27. The molecular formula is C14H18O2. The molecule has 2 nitrogen and oxygen atoms in total. The number of ether oxygens (including phenoxy) is 1. The first-order valence-electron chi connectivity index (χ1n) is 6.13. The average molecular weight is 218 g/mol. The highest BCUT2D eigenvalue weighted by atomic mass is 16.5. The second-order valence-electron chi connectivity index (χ2n) is 5.90. The van der Waals surface area contributed by atoms with Gasteiger partial charge in [-0.3, -0.25) is 4.79 Å². The van der Waals surface area contributed by atoms with Crippen LogP contribution in [0.4, 0.5) is 0 Å². The summed E-state index contributed by atoms with van der Waals surface area (Å²) >= 11 is 0. The first kappa shape index (κ1) is 10.1. The van der Waals surface area contributed by atoms with Gasteiger partial charge in [0.25, 0.3) is 0 Å². The molecule has 0 amide bonds. The van der Waals surface area contributed by atoms with Crippen molar-refractivity contribution in [1.82, 2.24) is 0 Å². The van der Waals surface area contributed by atoms with Gasteiger partial charge in [0.2, 0.25) is 0 Å². The van der Waals surface area contributed by atoms with Crippen LogP contribution in [0.25, 0.3) is 0 Å². The Labute approximate surface area is 96.4 Å². The Balaban J connectivity index is 2.08. The highest BCUT2D eigenvalue weighted by Crippen LogP contribution is 2.51. The van der Waals surface area contributed by atoms with Crippen molar-refractivity contribution in [1.29, 1.82) is 0 Å². The van der Waals surface area contributed by atoms with E-state index in [0.717, 1.165) is 17.8 Å². The van der Waals surface area contributed by atoms with E-state index in [1.807, 2.05) is 0 Å². The van der Waals surface area contributed by atoms with Crippen molar-refractivity contribution in [2.45, 2.75) is 39.7 Å². The number of carbonyl (C=O) groups excluding carboxylic acids is 1. The fraction of sp³-hybridized carbons (Fsp3) is 0.643. The molecule has 0 aromatic carbocycles. The van der Waals surface area contributed by atoms with Crippen LogP contribution in [-0.2, 0) is 9.53 Å². The van der Waals surface area contributed by atoms with E-state index >= 15 is 0 Å². The molecule has 3 atom stereocenters. The van der Waals surface area contributed by atoms with E-state index in [4.69, 9.17) is 4.74 Å². The van der Waals surface area contributed by atoms with E-state index in [1.165, 1.54) is 0 Å². The van der Waals surface area contributed by atoms with Gasteiger partial charge in [-0.25, -0.2) is 0 Å². The summed E-state index contributed by atoms with van der Waals surface area (Å²) in [6, 6.07) is 0. The second kappa shape index (κ2) is 2.99. The Morgan fingerprint density at radius 2 is 2.12 bits per heavy atom. The molecule has 0 aromatic rings. The predicted octanol–water partition coefficient (Wildman–Crippen LogP) is 2.85. The molecule has 3 aliphatic rings. The summed E-state index contributed by atoms with van der Waals surface area (Å²) in [7, 11) is 0. The van der Waals surface area contributed by atoms with Crippen molar-refractivity contribution in [3.8, 4) is 0 Å². The molecule has 2 heteroatoms. The van der Waals surface area contributed by atoms with E-state index < -0.39 is 0 Å². The number of Topliss-reactive ketones (excluding diaryl/α,β-unsaturated/α-hetero) is 1. The zero-order valence-corrected chi connectivity index (χ0v) is 10.1. The van der Waals surface area contributed by atoms with E-state index in [9.17, 15) is 4.79 Å². The van der Waals surface area contributed by atoms with Crippen molar-refractivity contribution in [2.24, 2.45) is 17.3 Å². The topological polar surface area (TPSA) is 26.3 Å². The number of hydrogen-bond donors (Lipinski definition) is 0. The van der Waals surface area contributed by atoms with Gasteiger partial charge in [-0.05, 0) is 18.4 Å². The summed E-state index contributed by atoms with van der Waals surface area (Å²) < 4.78 is 6.02. The molecule has 0 radical (unpaired) electrons. The van der Waals surface area contributed by atoms with Gasteiger partial charge in [-0.15, -0.1) is 0 Å². The molecule has 0 saturated carbocycles. The summed E-state index contributed by atoms with van der Waals surface area (Å²) in [5, 5.41) is 0. The van der Waals surface area contributed by atoms with E-state index in [0.29, 0.717) is 24.0 Å². The van der Waals surface area contributed by atoms with Gasteiger partial charge >= 0.3 is 0 Å². The maximum atomic E-state index is 12.1. The van der Waals surface area contributed by atoms with E-state index in [2.05, 4.69) is 32.9 Å². The first-order chi connectivity index (χ1) is 7.50. The highest BCUT2D eigenvalue weighted by molar-refractivity contribution is 5.98. The molecule has 2 aliphatic carbocycles. The number of rotatable bonds is 0. The monoisotopic (exact) mass is 218 g/mol. The molecule has 1 heterocycles. The molecule has 0 unspecified atom stereocenters. The third kappa shape index (κ3) is 1.16. The second-order valence-corrected chi connectivity index (χ2v) is 5.90. The maximum absolute atomic E-state index is 12.1. The zero-order chi connectivity index (χ0) is 11.5. The molecule has 0 bridgehead atoms. The molecule has 0 saturated heterocycles. The average Bonchev–Trinajstić information content (AvgIpc) is 2.75. The Morgan fingerprint density at radius 1 is 1.38 bits per heavy atom. The Hall–Kier alpha value is -1.05. The van der Waals surface area contributed by atoms with Crippen molar-refractivity contribution in [3.05, 3.63) is 23.5 Å². The molecule has 16 heavy (non-hydrogen) atoms. The number of fused-ring (bicyclic) bond motifs is 2. The molecule has 3 rings (SSSR count).